The van der Waals surface area contributed by atoms with Crippen LogP contribution >= 0.6 is 0 Å². The molecule has 0 saturated carbocycles. The molecule has 9 heavy (non-hydrogen) atoms. The first kappa shape index (κ1) is 7.06. The van der Waals surface area contributed by atoms with Crippen LogP contribution in [0, 0.1) is 6.92 Å². The zero-order valence-electron chi connectivity index (χ0n) is 5.46. The van der Waals surface area contributed by atoms with Gasteiger partial charge in [0, 0.05) is 0 Å². The van der Waals surface area contributed by atoms with Crippen molar-refractivity contribution in [1.82, 2.24) is 4.98 Å². The first-order chi connectivity index (χ1) is 4.33. The number of rotatable bonds is 1. The zero-order valence-corrected chi connectivity index (χ0v) is 8.76. The monoisotopic (exact) mass is 227 g/mol. The maximum atomic E-state index is 4.32. The van der Waals surface area contributed by atoms with Gasteiger partial charge in [-0.2, -0.15) is 0 Å². The molecule has 2 heteroatoms. The average molecular weight is 226 g/mol. The van der Waals surface area contributed by atoms with Gasteiger partial charge in [-0.1, -0.05) is 0 Å². The molecule has 0 spiro atoms. The van der Waals surface area contributed by atoms with Crippen LogP contribution in [0.5, 0.6) is 0 Å². The molecule has 0 amide bonds. The third kappa shape index (κ3) is 1.97. The summed E-state index contributed by atoms with van der Waals surface area (Å²) in [5.74, 6) is 0. The van der Waals surface area contributed by atoms with Crippen molar-refractivity contribution in [3.63, 3.8) is 0 Å². The minimum atomic E-state index is 1.13. The molecule has 2 radical (unpaired) electrons. The van der Waals surface area contributed by atoms with Gasteiger partial charge in [-0.25, -0.2) is 0 Å². The van der Waals surface area contributed by atoms with Crippen LogP contribution in [0.1, 0.15) is 11.4 Å². The molecule has 1 aromatic rings. The fourth-order valence-corrected chi connectivity index (χ4v) is 1.36. The van der Waals surface area contributed by atoms with Gasteiger partial charge in [0.1, 0.15) is 0 Å². The molecule has 0 aliphatic heterocycles. The Bertz CT molecular complexity index is 198. The summed E-state index contributed by atoms with van der Waals surface area (Å²) in [5.41, 5.74) is 2.36. The Morgan fingerprint density at radius 2 is 2.33 bits per heavy atom. The Labute approximate surface area is 68.6 Å². The van der Waals surface area contributed by atoms with Crippen LogP contribution < -0.4 is 0 Å². The molecule has 0 aromatic carbocycles. The fraction of sp³-hybridized carbons (Fsp3) is 0.286. The molecule has 0 fully saturated rings. The Kier molecular flexibility index (Phi) is 2.51. The van der Waals surface area contributed by atoms with Crippen molar-refractivity contribution in [1.29, 1.82) is 0 Å². The van der Waals surface area contributed by atoms with Gasteiger partial charge in [0.05, 0.1) is 0 Å². The van der Waals surface area contributed by atoms with Crippen LogP contribution in [-0.2, 0) is 4.44 Å². The number of hydrogen-bond acceptors (Lipinski definition) is 1. The molecule has 0 aliphatic rings. The van der Waals surface area contributed by atoms with Gasteiger partial charge in [-0.15, -0.1) is 0 Å². The van der Waals surface area contributed by atoms with Crippen LogP contribution in [-0.4, -0.2) is 27.5 Å². The maximum absolute atomic E-state index is 4.32. The van der Waals surface area contributed by atoms with Gasteiger partial charge in [0.2, 0.25) is 0 Å². The predicted molar refractivity (Wildman–Crippen MR) is 39.8 cm³/mol. The summed E-state index contributed by atoms with van der Waals surface area (Å²) in [4.78, 5) is 4.32. The van der Waals surface area contributed by atoms with Gasteiger partial charge in [0.25, 0.3) is 0 Å². The van der Waals surface area contributed by atoms with Crippen molar-refractivity contribution in [3.05, 3.63) is 29.6 Å². The Morgan fingerprint density at radius 1 is 1.56 bits per heavy atom. The van der Waals surface area contributed by atoms with E-state index in [1.807, 2.05) is 13.0 Å². The first-order valence-corrected chi connectivity index (χ1v) is 5.28. The Balaban J connectivity index is 2.94. The Hall–Kier alpha value is -0.0513. The zero-order chi connectivity index (χ0) is 6.69. The van der Waals surface area contributed by atoms with E-state index >= 15 is 0 Å². The van der Waals surface area contributed by atoms with E-state index in [-0.39, 0.29) is 0 Å². The summed E-state index contributed by atoms with van der Waals surface area (Å²) in [7, 11) is 0. The quantitative estimate of drug-likeness (QED) is 0.645. The molecule has 0 aliphatic carbocycles. The number of nitrogens with zero attached hydrogens (tertiary/aromatic N) is 1. The van der Waals surface area contributed by atoms with E-state index in [4.69, 9.17) is 0 Å². The van der Waals surface area contributed by atoms with Crippen molar-refractivity contribution >= 4 is 22.5 Å². The van der Waals surface area contributed by atoms with Crippen molar-refractivity contribution in [2.75, 3.05) is 0 Å². The third-order valence-corrected chi connectivity index (χ3v) is 2.35. The third-order valence-electron chi connectivity index (χ3n) is 1.16. The molecule has 46 valence electrons. The van der Waals surface area contributed by atoms with Gasteiger partial charge < -0.3 is 0 Å². The summed E-state index contributed by atoms with van der Waals surface area (Å²) < 4.78 is 1.16. The number of pyridine rings is 1. The topological polar surface area (TPSA) is 12.9 Å². The minimum absolute atomic E-state index is 1.13. The standard InChI is InChI=1S/C7H8N.Sn.H/c1-6-4-3-5-7(2)8-6;;/h3-5H,1H2,2H3;;. The van der Waals surface area contributed by atoms with Gasteiger partial charge in [0.15, 0.2) is 0 Å². The first-order valence-electron chi connectivity index (χ1n) is 2.95. The van der Waals surface area contributed by atoms with E-state index in [1.165, 1.54) is 28.2 Å². The second kappa shape index (κ2) is 3.20. The van der Waals surface area contributed by atoms with E-state index < -0.39 is 0 Å². The van der Waals surface area contributed by atoms with E-state index in [2.05, 4.69) is 17.1 Å². The molecule has 0 unspecified atom stereocenters. The summed E-state index contributed by atoms with van der Waals surface area (Å²) in [6.07, 6.45) is 0. The second-order valence-electron chi connectivity index (χ2n) is 1.97. The van der Waals surface area contributed by atoms with E-state index in [0.29, 0.717) is 0 Å². The molecule has 0 saturated heterocycles. The normalized spacial score (nSPS) is 9.56. The molecule has 1 aromatic heterocycles. The van der Waals surface area contributed by atoms with Gasteiger partial charge >= 0.3 is 68.5 Å². The Morgan fingerprint density at radius 3 is 2.78 bits per heavy atom. The van der Waals surface area contributed by atoms with Crippen LogP contribution in [0.4, 0.5) is 0 Å². The molecule has 0 bridgehead atoms. The van der Waals surface area contributed by atoms with E-state index in [0.717, 1.165) is 10.1 Å². The molecule has 0 atom stereocenters. The van der Waals surface area contributed by atoms with Crippen LogP contribution in [0.25, 0.3) is 0 Å². The number of aryl methyl sites for hydroxylation is 1. The summed E-state index contributed by atoms with van der Waals surface area (Å²) >= 11 is 1.27. The van der Waals surface area contributed by atoms with Crippen molar-refractivity contribution in [2.24, 2.45) is 0 Å². The SMILES string of the molecule is Cc1cccc([CH2][SnH])n1. The number of aromatic nitrogens is 1. The second-order valence-corrected chi connectivity index (χ2v) is 3.14. The summed E-state index contributed by atoms with van der Waals surface area (Å²) in [6, 6.07) is 6.17. The average Bonchev–Trinajstić information content (AvgIpc) is 1.88. The molecule has 1 rings (SSSR count). The van der Waals surface area contributed by atoms with Crippen molar-refractivity contribution in [3.8, 4) is 0 Å². The van der Waals surface area contributed by atoms with Gasteiger partial charge in [-0.3, -0.25) is 0 Å². The van der Waals surface area contributed by atoms with Crippen molar-refractivity contribution < 1.29 is 0 Å². The van der Waals surface area contributed by atoms with Crippen LogP contribution in [0.15, 0.2) is 18.2 Å². The summed E-state index contributed by atoms with van der Waals surface area (Å²) in [6.45, 7) is 2.03. The number of hydrogen-bond donors (Lipinski definition) is 0. The van der Waals surface area contributed by atoms with Crippen LogP contribution in [0.2, 0.25) is 0 Å². The molecule has 1 heterocycles. The van der Waals surface area contributed by atoms with E-state index in [1.54, 1.807) is 0 Å². The summed E-state index contributed by atoms with van der Waals surface area (Å²) in [5, 5.41) is 0. The molecular formula is C7H9NSn. The van der Waals surface area contributed by atoms with E-state index in [9.17, 15) is 0 Å². The van der Waals surface area contributed by atoms with Gasteiger partial charge in [-0.05, 0) is 0 Å². The molecular weight excluding hydrogens is 217 g/mol. The van der Waals surface area contributed by atoms with Crippen LogP contribution in [0.3, 0.4) is 0 Å². The predicted octanol–water partition coefficient (Wildman–Crippen LogP) is 0.791. The fourth-order valence-electron chi connectivity index (χ4n) is 0.713. The van der Waals surface area contributed by atoms with Crippen molar-refractivity contribution in [2.45, 2.75) is 11.4 Å². The molecule has 0 N–H and O–H groups in total. The molecule has 1 nitrogen and oxygen atoms in total.